The van der Waals surface area contributed by atoms with Gasteiger partial charge in [-0.2, -0.15) is 5.10 Å². The highest BCUT2D eigenvalue weighted by Crippen LogP contribution is 2.23. The second kappa shape index (κ2) is 20.4. The molecule has 0 aliphatic rings. The molecule has 0 aromatic heterocycles. The summed E-state index contributed by atoms with van der Waals surface area (Å²) in [6.07, 6.45) is 21.5. The van der Waals surface area contributed by atoms with E-state index >= 15 is 0 Å². The van der Waals surface area contributed by atoms with Gasteiger partial charge in [-0.25, -0.2) is 10.2 Å². The molecule has 214 valence electrons. The average molecular weight is 600 g/mol. The molecule has 0 unspecified atom stereocenters. The van der Waals surface area contributed by atoms with Gasteiger partial charge in [-0.1, -0.05) is 130 Å². The molecule has 0 saturated heterocycles. The van der Waals surface area contributed by atoms with Crippen LogP contribution in [0, 0.1) is 6.92 Å². The largest absolute Gasteiger partial charge is 0.422 e. The maximum atomic E-state index is 12.6. The topological polar surface area (TPSA) is 67.8 Å². The number of ether oxygens (including phenoxy) is 1. The Kier molecular flexibility index (Phi) is 17.2. The third-order valence-corrected chi connectivity index (χ3v) is 7.32. The molecule has 0 aliphatic heterocycles. The molecule has 5 nitrogen and oxygen atoms in total. The molecule has 2 aromatic carbocycles. The van der Waals surface area contributed by atoms with E-state index in [-0.39, 0.29) is 5.91 Å². The van der Waals surface area contributed by atoms with Crippen LogP contribution in [0.1, 0.15) is 131 Å². The lowest BCUT2D eigenvalue weighted by molar-refractivity contribution is -0.121. The molecular weight excluding hydrogens is 552 g/mol. The normalized spacial score (nSPS) is 11.2. The van der Waals surface area contributed by atoms with Crippen LogP contribution in [0.15, 0.2) is 52.0 Å². The molecule has 0 saturated carbocycles. The molecule has 0 aliphatic carbocycles. The number of halogens is 1. The molecule has 0 fully saturated rings. The van der Waals surface area contributed by atoms with Gasteiger partial charge in [-0.05, 0) is 43.7 Å². The number of hydrogen-bond donors (Lipinski definition) is 1. The summed E-state index contributed by atoms with van der Waals surface area (Å²) in [7, 11) is 0. The molecule has 0 radical (unpaired) electrons. The van der Waals surface area contributed by atoms with Crippen LogP contribution in [0.4, 0.5) is 0 Å². The maximum absolute atomic E-state index is 12.6. The van der Waals surface area contributed by atoms with Crippen LogP contribution >= 0.6 is 15.9 Å². The highest BCUT2D eigenvalue weighted by Gasteiger charge is 2.12. The minimum absolute atomic E-state index is 0.103. The quantitative estimate of drug-likeness (QED) is 0.0542. The summed E-state index contributed by atoms with van der Waals surface area (Å²) < 4.78 is 6.42. The van der Waals surface area contributed by atoms with Crippen molar-refractivity contribution in [2.24, 2.45) is 5.10 Å². The fourth-order valence-electron chi connectivity index (χ4n) is 4.53. The summed E-state index contributed by atoms with van der Waals surface area (Å²) in [6, 6.07) is 12.6. The van der Waals surface area contributed by atoms with E-state index < -0.39 is 5.97 Å². The fraction of sp³-hybridized carbons (Fsp3) is 0.545. The van der Waals surface area contributed by atoms with E-state index in [1.54, 1.807) is 30.3 Å². The smallest absolute Gasteiger partial charge is 0.343 e. The number of carbonyl (C=O) groups is 2. The molecule has 2 aromatic rings. The number of benzene rings is 2. The van der Waals surface area contributed by atoms with Crippen LogP contribution in [0.2, 0.25) is 0 Å². The summed E-state index contributed by atoms with van der Waals surface area (Å²) in [5.41, 5.74) is 4.66. The number of nitrogens with one attached hydrogen (secondary N) is 1. The van der Waals surface area contributed by atoms with Crippen LogP contribution in [0.25, 0.3) is 0 Å². The minimum Gasteiger partial charge on any atom is -0.422 e. The van der Waals surface area contributed by atoms with E-state index in [9.17, 15) is 9.59 Å². The number of amides is 1. The molecule has 39 heavy (non-hydrogen) atoms. The number of aryl methyl sites for hydroxylation is 1. The van der Waals surface area contributed by atoms with Crippen LogP contribution in [-0.4, -0.2) is 18.1 Å². The van der Waals surface area contributed by atoms with Gasteiger partial charge < -0.3 is 4.74 Å². The van der Waals surface area contributed by atoms with Crippen molar-refractivity contribution in [3.05, 3.63) is 63.6 Å². The van der Waals surface area contributed by atoms with Gasteiger partial charge in [0.2, 0.25) is 5.91 Å². The number of unbranched alkanes of at least 4 members (excludes halogenated alkanes) is 14. The van der Waals surface area contributed by atoms with E-state index in [2.05, 4.69) is 33.4 Å². The van der Waals surface area contributed by atoms with Gasteiger partial charge in [0.25, 0.3) is 0 Å². The van der Waals surface area contributed by atoms with Gasteiger partial charge in [0.15, 0.2) is 0 Å². The molecule has 0 spiro atoms. The second-order valence-electron chi connectivity index (χ2n) is 10.4. The highest BCUT2D eigenvalue weighted by molar-refractivity contribution is 9.10. The van der Waals surface area contributed by atoms with Gasteiger partial charge in [-0.15, -0.1) is 0 Å². The predicted molar refractivity (Wildman–Crippen MR) is 166 cm³/mol. The summed E-state index contributed by atoms with van der Waals surface area (Å²) in [4.78, 5) is 24.8. The average Bonchev–Trinajstić information content (AvgIpc) is 2.92. The van der Waals surface area contributed by atoms with Crippen LogP contribution in [0.3, 0.4) is 0 Å². The molecule has 6 heteroatoms. The second-order valence-corrected chi connectivity index (χ2v) is 11.3. The first-order valence-electron chi connectivity index (χ1n) is 14.9. The Labute approximate surface area is 244 Å². The van der Waals surface area contributed by atoms with Crippen molar-refractivity contribution in [2.45, 2.75) is 117 Å². The zero-order valence-corrected chi connectivity index (χ0v) is 25.6. The van der Waals surface area contributed by atoms with Gasteiger partial charge in [0.05, 0.1) is 11.8 Å². The number of hydrogen-bond acceptors (Lipinski definition) is 4. The third-order valence-electron chi connectivity index (χ3n) is 6.83. The van der Waals surface area contributed by atoms with Crippen LogP contribution < -0.4 is 10.2 Å². The zero-order valence-electron chi connectivity index (χ0n) is 24.0. The highest BCUT2D eigenvalue weighted by atomic mass is 79.9. The van der Waals surface area contributed by atoms with Crippen molar-refractivity contribution in [3.8, 4) is 5.75 Å². The van der Waals surface area contributed by atoms with Gasteiger partial charge >= 0.3 is 5.97 Å². The van der Waals surface area contributed by atoms with E-state index in [4.69, 9.17) is 4.74 Å². The monoisotopic (exact) mass is 598 g/mol. The number of hydrazone groups is 1. The Morgan fingerprint density at radius 3 is 2.00 bits per heavy atom. The van der Waals surface area contributed by atoms with Crippen LogP contribution in [-0.2, 0) is 4.79 Å². The lowest BCUT2D eigenvalue weighted by atomic mass is 10.0. The molecule has 1 N–H and O–H groups in total. The SMILES string of the molecule is CCCCCCCCCCCCCCCCCC(=O)NN=Cc1cc(Br)ccc1OC(=O)c1cccc(C)c1. The Morgan fingerprint density at radius 1 is 0.821 bits per heavy atom. The molecular formula is C33H47BrN2O3. The van der Waals surface area contributed by atoms with Crippen molar-refractivity contribution >= 4 is 34.0 Å². The predicted octanol–water partition coefficient (Wildman–Crippen LogP) is 9.69. The summed E-state index contributed by atoms with van der Waals surface area (Å²) in [6.45, 7) is 4.20. The Bertz CT molecular complexity index is 1020. The standard InChI is InChI=1S/C33H47BrN2O3/c1-3-4-5-6-7-8-9-10-11-12-13-14-15-16-17-21-32(37)36-35-26-29-25-30(34)22-23-31(29)39-33(38)28-20-18-19-27(2)24-28/h18-20,22-26H,3-17,21H2,1-2H3,(H,36,37). The molecule has 0 heterocycles. The number of nitrogens with zero attached hydrogens (tertiary/aromatic N) is 1. The van der Waals surface area contributed by atoms with Crippen molar-refractivity contribution in [1.29, 1.82) is 0 Å². The van der Waals surface area contributed by atoms with Gasteiger partial charge in [-0.3, -0.25) is 4.79 Å². The molecule has 1 amide bonds. The van der Waals surface area contributed by atoms with E-state index in [1.807, 2.05) is 19.1 Å². The first-order valence-corrected chi connectivity index (χ1v) is 15.7. The maximum Gasteiger partial charge on any atom is 0.343 e. The minimum atomic E-state index is -0.437. The van der Waals surface area contributed by atoms with Crippen LogP contribution in [0.5, 0.6) is 5.75 Å². The molecule has 2 rings (SSSR count). The first-order chi connectivity index (χ1) is 19.0. The Balaban J connectivity index is 1.57. The molecule has 0 bridgehead atoms. The number of carbonyl (C=O) groups excluding carboxylic acids is 2. The van der Waals surface area contributed by atoms with Crippen molar-refractivity contribution in [3.63, 3.8) is 0 Å². The first kappa shape index (κ1) is 32.7. The van der Waals surface area contributed by atoms with E-state index in [0.29, 0.717) is 23.3 Å². The Morgan fingerprint density at radius 2 is 1.41 bits per heavy atom. The summed E-state index contributed by atoms with van der Waals surface area (Å²) in [5.74, 6) is -0.160. The Hall–Kier alpha value is -2.47. The molecule has 0 atom stereocenters. The van der Waals surface area contributed by atoms with Gasteiger partial charge in [0, 0.05) is 16.5 Å². The lowest BCUT2D eigenvalue weighted by Crippen LogP contribution is -2.17. The summed E-state index contributed by atoms with van der Waals surface area (Å²) in [5, 5.41) is 4.09. The summed E-state index contributed by atoms with van der Waals surface area (Å²) >= 11 is 3.44. The lowest BCUT2D eigenvalue weighted by Gasteiger charge is -2.08. The zero-order chi connectivity index (χ0) is 28.1. The van der Waals surface area contributed by atoms with E-state index in [0.717, 1.165) is 22.9 Å². The fourth-order valence-corrected chi connectivity index (χ4v) is 4.91. The third kappa shape index (κ3) is 15.0. The van der Waals surface area contributed by atoms with Crippen molar-refractivity contribution in [1.82, 2.24) is 5.43 Å². The number of esters is 1. The number of rotatable bonds is 20. The van der Waals surface area contributed by atoms with Crippen molar-refractivity contribution in [2.75, 3.05) is 0 Å². The van der Waals surface area contributed by atoms with Gasteiger partial charge in [0.1, 0.15) is 5.75 Å². The van der Waals surface area contributed by atoms with E-state index in [1.165, 1.54) is 89.7 Å². The van der Waals surface area contributed by atoms with Crippen molar-refractivity contribution < 1.29 is 14.3 Å².